The summed E-state index contributed by atoms with van der Waals surface area (Å²) < 4.78 is 0. The number of nitrogens with one attached hydrogen (secondary N) is 1. The van der Waals surface area contributed by atoms with Gasteiger partial charge in [-0.2, -0.15) is 0 Å². The number of nitrogens with zero attached hydrogens (tertiary/aromatic N) is 1. The van der Waals surface area contributed by atoms with E-state index in [4.69, 9.17) is 0 Å². The van der Waals surface area contributed by atoms with Crippen LogP contribution in [0.3, 0.4) is 0 Å². The summed E-state index contributed by atoms with van der Waals surface area (Å²) in [4.78, 5) is 24.7. The van der Waals surface area contributed by atoms with Gasteiger partial charge in [0.25, 0.3) is 5.91 Å². The van der Waals surface area contributed by atoms with Gasteiger partial charge in [-0.3, -0.25) is 4.79 Å². The maximum Gasteiger partial charge on any atom is 0.330 e. The molecule has 1 aliphatic rings. The molecule has 1 fully saturated rings. The normalized spacial score (nSPS) is 21.3. The SMILES string of the molecule is CC(C)C1NC(=O)N(c2cccs2)C1=O. The molecule has 1 N–H and O–H groups in total. The van der Waals surface area contributed by atoms with Gasteiger partial charge in [-0.05, 0) is 23.4 Å². The van der Waals surface area contributed by atoms with Crippen LogP contribution in [0, 0.1) is 5.92 Å². The molecular formula is C10H12N2O2S. The molecule has 1 atom stereocenters. The Morgan fingerprint density at radius 3 is 2.67 bits per heavy atom. The van der Waals surface area contributed by atoms with Crippen LogP contribution >= 0.6 is 11.3 Å². The molecule has 0 spiro atoms. The maximum absolute atomic E-state index is 11.9. The summed E-state index contributed by atoms with van der Waals surface area (Å²) in [5.41, 5.74) is 0. The van der Waals surface area contributed by atoms with E-state index in [1.807, 2.05) is 25.3 Å². The van der Waals surface area contributed by atoms with E-state index in [2.05, 4.69) is 5.32 Å². The lowest BCUT2D eigenvalue weighted by atomic mass is 10.1. The quantitative estimate of drug-likeness (QED) is 0.779. The minimum Gasteiger partial charge on any atom is -0.325 e. The van der Waals surface area contributed by atoms with Gasteiger partial charge in [-0.25, -0.2) is 9.69 Å². The average Bonchev–Trinajstić information content (AvgIpc) is 2.73. The molecule has 1 aromatic heterocycles. The summed E-state index contributed by atoms with van der Waals surface area (Å²) >= 11 is 1.39. The Morgan fingerprint density at radius 1 is 1.47 bits per heavy atom. The number of rotatable bonds is 2. The van der Waals surface area contributed by atoms with Crippen LogP contribution in [0.1, 0.15) is 13.8 Å². The monoisotopic (exact) mass is 224 g/mol. The summed E-state index contributed by atoms with van der Waals surface area (Å²) in [5.74, 6) is -0.0381. The predicted molar refractivity (Wildman–Crippen MR) is 59.0 cm³/mol. The third-order valence-corrected chi connectivity index (χ3v) is 3.22. The van der Waals surface area contributed by atoms with Gasteiger partial charge >= 0.3 is 6.03 Å². The van der Waals surface area contributed by atoms with Crippen molar-refractivity contribution in [2.75, 3.05) is 4.90 Å². The van der Waals surface area contributed by atoms with Crippen LogP contribution in [0.4, 0.5) is 9.80 Å². The molecule has 1 aliphatic heterocycles. The lowest BCUT2D eigenvalue weighted by Crippen LogP contribution is -2.34. The maximum atomic E-state index is 11.9. The van der Waals surface area contributed by atoms with Gasteiger partial charge in [0.1, 0.15) is 11.0 Å². The van der Waals surface area contributed by atoms with Crippen molar-refractivity contribution >= 4 is 28.3 Å². The van der Waals surface area contributed by atoms with Crippen LogP contribution < -0.4 is 10.2 Å². The topological polar surface area (TPSA) is 49.4 Å². The minimum absolute atomic E-state index is 0.117. The highest BCUT2D eigenvalue weighted by Crippen LogP contribution is 2.26. The smallest absolute Gasteiger partial charge is 0.325 e. The van der Waals surface area contributed by atoms with Crippen molar-refractivity contribution in [1.29, 1.82) is 0 Å². The second-order valence-corrected chi connectivity index (χ2v) is 4.72. The molecule has 0 bridgehead atoms. The highest BCUT2D eigenvalue weighted by atomic mass is 32.1. The van der Waals surface area contributed by atoms with Gasteiger partial charge in [0, 0.05) is 0 Å². The van der Waals surface area contributed by atoms with Crippen LogP contribution in [-0.4, -0.2) is 18.0 Å². The Balaban J connectivity index is 2.28. The van der Waals surface area contributed by atoms with E-state index < -0.39 is 0 Å². The molecule has 3 amide bonds. The molecule has 4 nitrogen and oxygen atoms in total. The highest BCUT2D eigenvalue weighted by molar-refractivity contribution is 7.14. The zero-order chi connectivity index (χ0) is 11.0. The number of urea groups is 1. The van der Waals surface area contributed by atoms with E-state index in [0.29, 0.717) is 5.00 Å². The Bertz CT molecular complexity index is 386. The van der Waals surface area contributed by atoms with E-state index >= 15 is 0 Å². The lowest BCUT2D eigenvalue weighted by molar-refractivity contribution is -0.119. The molecule has 2 heterocycles. The van der Waals surface area contributed by atoms with E-state index in [1.165, 1.54) is 16.2 Å². The van der Waals surface area contributed by atoms with Gasteiger partial charge in [-0.15, -0.1) is 11.3 Å². The number of thiophene rings is 1. The Morgan fingerprint density at radius 2 is 2.20 bits per heavy atom. The van der Waals surface area contributed by atoms with Gasteiger partial charge in [0.15, 0.2) is 0 Å². The van der Waals surface area contributed by atoms with Crippen LogP contribution in [0.25, 0.3) is 0 Å². The zero-order valence-electron chi connectivity index (χ0n) is 8.56. The second-order valence-electron chi connectivity index (χ2n) is 3.80. The summed E-state index contributed by atoms with van der Waals surface area (Å²) in [6.45, 7) is 3.83. The van der Waals surface area contributed by atoms with Crippen molar-refractivity contribution in [2.24, 2.45) is 5.92 Å². The molecule has 15 heavy (non-hydrogen) atoms. The first-order chi connectivity index (χ1) is 7.11. The van der Waals surface area contributed by atoms with Gasteiger partial charge in [0.05, 0.1) is 0 Å². The van der Waals surface area contributed by atoms with Gasteiger partial charge in [0.2, 0.25) is 0 Å². The fourth-order valence-corrected chi connectivity index (χ4v) is 2.29. The number of carbonyl (C=O) groups is 2. The first-order valence-electron chi connectivity index (χ1n) is 4.79. The summed E-state index contributed by atoms with van der Waals surface area (Å²) in [5, 5.41) is 5.21. The molecule has 0 radical (unpaired) electrons. The van der Waals surface area contributed by atoms with Crippen molar-refractivity contribution in [3.05, 3.63) is 17.5 Å². The van der Waals surface area contributed by atoms with E-state index in [0.717, 1.165) is 0 Å². The molecule has 0 aliphatic carbocycles. The van der Waals surface area contributed by atoms with Crippen molar-refractivity contribution in [2.45, 2.75) is 19.9 Å². The summed E-state index contributed by atoms with van der Waals surface area (Å²) in [6.07, 6.45) is 0. The summed E-state index contributed by atoms with van der Waals surface area (Å²) in [7, 11) is 0. The van der Waals surface area contributed by atoms with Crippen LogP contribution in [0.5, 0.6) is 0 Å². The predicted octanol–water partition coefficient (Wildman–Crippen LogP) is 1.83. The first-order valence-corrected chi connectivity index (χ1v) is 5.67. The molecule has 80 valence electrons. The summed E-state index contributed by atoms with van der Waals surface area (Å²) in [6, 6.07) is 2.88. The van der Waals surface area contributed by atoms with Crippen molar-refractivity contribution < 1.29 is 9.59 Å². The second kappa shape index (κ2) is 3.66. The third-order valence-electron chi connectivity index (χ3n) is 2.36. The molecule has 1 unspecified atom stereocenters. The Hall–Kier alpha value is -1.36. The van der Waals surface area contributed by atoms with Gasteiger partial charge < -0.3 is 5.32 Å². The molecule has 0 aromatic carbocycles. The number of anilines is 1. The third kappa shape index (κ3) is 1.63. The van der Waals surface area contributed by atoms with E-state index in [9.17, 15) is 9.59 Å². The number of hydrogen-bond acceptors (Lipinski definition) is 3. The fraction of sp³-hybridized carbons (Fsp3) is 0.400. The number of amides is 3. The molecule has 1 saturated heterocycles. The number of carbonyl (C=O) groups excluding carboxylic acids is 2. The van der Waals surface area contributed by atoms with Crippen LogP contribution in [-0.2, 0) is 4.79 Å². The van der Waals surface area contributed by atoms with E-state index in [1.54, 1.807) is 6.07 Å². The number of hydrogen-bond donors (Lipinski definition) is 1. The minimum atomic E-state index is -0.389. The van der Waals surface area contributed by atoms with Crippen molar-refractivity contribution in [3.63, 3.8) is 0 Å². The molecule has 1 aromatic rings. The molecule has 5 heteroatoms. The fourth-order valence-electron chi connectivity index (χ4n) is 1.56. The lowest BCUT2D eigenvalue weighted by Gasteiger charge is -2.12. The van der Waals surface area contributed by atoms with E-state index in [-0.39, 0.29) is 23.9 Å². The number of imide groups is 1. The standard InChI is InChI=1S/C10H12N2O2S/c1-6(2)8-9(13)12(10(14)11-8)7-4-3-5-15-7/h3-6,8H,1-2H3,(H,11,14). The zero-order valence-corrected chi connectivity index (χ0v) is 9.38. The van der Waals surface area contributed by atoms with Crippen molar-refractivity contribution in [1.82, 2.24) is 5.32 Å². The molecular weight excluding hydrogens is 212 g/mol. The Kier molecular flexibility index (Phi) is 2.48. The van der Waals surface area contributed by atoms with Crippen LogP contribution in [0.2, 0.25) is 0 Å². The largest absolute Gasteiger partial charge is 0.330 e. The molecule has 0 saturated carbocycles. The van der Waals surface area contributed by atoms with Gasteiger partial charge in [-0.1, -0.05) is 13.8 Å². The average molecular weight is 224 g/mol. The highest BCUT2D eigenvalue weighted by Gasteiger charge is 2.40. The Labute approximate surface area is 91.9 Å². The van der Waals surface area contributed by atoms with Crippen LogP contribution in [0.15, 0.2) is 17.5 Å². The van der Waals surface area contributed by atoms with Crippen molar-refractivity contribution in [3.8, 4) is 0 Å². The first kappa shape index (κ1) is 10.2. The molecule has 2 rings (SSSR count).